The van der Waals surface area contributed by atoms with Gasteiger partial charge in [0.05, 0.1) is 6.10 Å². The number of ketones is 1. The van der Waals surface area contributed by atoms with Crippen molar-refractivity contribution in [2.24, 2.45) is 34.5 Å². The number of hydrogen-bond donors (Lipinski definition) is 0. The van der Waals surface area contributed by atoms with Crippen LogP contribution >= 0.6 is 0 Å². The molecule has 24 heavy (non-hydrogen) atoms. The highest BCUT2D eigenvalue weighted by atomic mass is 16.5. The van der Waals surface area contributed by atoms with Gasteiger partial charge in [-0.25, -0.2) is 0 Å². The van der Waals surface area contributed by atoms with E-state index in [1.54, 1.807) is 5.57 Å². The van der Waals surface area contributed by atoms with Crippen molar-refractivity contribution in [1.82, 2.24) is 0 Å². The second kappa shape index (κ2) is 5.69. The topological polar surface area (TPSA) is 26.3 Å². The smallest absolute Gasteiger partial charge is 0.133 e. The second-order valence-electron chi connectivity index (χ2n) is 9.64. The summed E-state index contributed by atoms with van der Waals surface area (Å²) in [6, 6.07) is 0. The number of hydrogen-bond acceptors (Lipinski definition) is 2. The van der Waals surface area contributed by atoms with Crippen LogP contribution in [0.2, 0.25) is 0 Å². The summed E-state index contributed by atoms with van der Waals surface area (Å²) in [7, 11) is 1.87. The molecule has 0 aromatic carbocycles. The molecular formula is C22H34O2. The maximum absolute atomic E-state index is 12.2. The Morgan fingerprint density at radius 2 is 1.92 bits per heavy atom. The number of ether oxygens (including phenoxy) is 1. The summed E-state index contributed by atoms with van der Waals surface area (Å²) in [5.74, 6) is 3.17. The Bertz CT molecular complexity index is 564. The van der Waals surface area contributed by atoms with E-state index in [9.17, 15) is 4.79 Å². The number of allylic oxidation sites excluding steroid dienone is 1. The van der Waals surface area contributed by atoms with Crippen molar-refractivity contribution >= 4 is 5.78 Å². The van der Waals surface area contributed by atoms with Gasteiger partial charge in [-0.1, -0.05) is 25.5 Å². The van der Waals surface area contributed by atoms with E-state index < -0.39 is 0 Å². The van der Waals surface area contributed by atoms with E-state index in [2.05, 4.69) is 19.9 Å². The highest BCUT2D eigenvalue weighted by molar-refractivity contribution is 5.79. The van der Waals surface area contributed by atoms with Gasteiger partial charge < -0.3 is 4.74 Å². The van der Waals surface area contributed by atoms with Gasteiger partial charge in [0, 0.05) is 13.0 Å². The summed E-state index contributed by atoms with van der Waals surface area (Å²) in [5.41, 5.74) is 2.36. The Balaban J connectivity index is 1.63. The SMILES string of the molecule is CO[C@H]1CC[C@@]2(C)C(=CCC3C4CC[C@H](C(C)=O)C4(C)CCC32)C1. The molecule has 0 saturated heterocycles. The Labute approximate surface area is 147 Å². The van der Waals surface area contributed by atoms with Gasteiger partial charge in [-0.2, -0.15) is 0 Å². The average Bonchev–Trinajstić information content (AvgIpc) is 2.91. The van der Waals surface area contributed by atoms with Crippen molar-refractivity contribution in [3.8, 4) is 0 Å². The summed E-state index contributed by atoms with van der Waals surface area (Å²) in [4.78, 5) is 12.2. The molecule has 0 aliphatic heterocycles. The van der Waals surface area contributed by atoms with E-state index in [0.29, 0.717) is 23.2 Å². The molecule has 0 spiro atoms. The third-order valence-electron chi connectivity index (χ3n) is 8.88. The first-order valence-electron chi connectivity index (χ1n) is 10.1. The standard InChI is InChI=1S/C22H34O2/c1-14(23)18-7-8-19-17-6-5-15-13-16(24-4)9-11-21(15,2)20(17)10-12-22(18,19)3/h5,16-20H,6-13H2,1-4H3/t16-,17?,18+,19?,20?,21-,22?/m0/s1. The third kappa shape index (κ3) is 2.21. The van der Waals surface area contributed by atoms with Gasteiger partial charge >= 0.3 is 0 Å². The van der Waals surface area contributed by atoms with Gasteiger partial charge in [0.1, 0.15) is 5.78 Å². The number of carbonyl (C=O) groups excluding carboxylic acids is 1. The maximum Gasteiger partial charge on any atom is 0.133 e. The number of methoxy groups -OCH3 is 1. The molecule has 134 valence electrons. The van der Waals surface area contributed by atoms with Gasteiger partial charge in [-0.05, 0) is 86.9 Å². The lowest BCUT2D eigenvalue weighted by molar-refractivity contribution is -0.127. The molecule has 4 aliphatic carbocycles. The monoisotopic (exact) mass is 330 g/mol. The lowest BCUT2D eigenvalue weighted by Gasteiger charge is -2.58. The van der Waals surface area contributed by atoms with E-state index in [0.717, 1.165) is 30.6 Å². The lowest BCUT2D eigenvalue weighted by Crippen LogP contribution is -2.51. The molecule has 3 saturated carbocycles. The van der Waals surface area contributed by atoms with Crippen LogP contribution < -0.4 is 0 Å². The molecule has 0 aromatic heterocycles. The van der Waals surface area contributed by atoms with Crippen LogP contribution in [0.15, 0.2) is 11.6 Å². The summed E-state index contributed by atoms with van der Waals surface area (Å²) in [6.45, 7) is 6.81. The molecular weight excluding hydrogens is 296 g/mol. The molecule has 3 fully saturated rings. The molecule has 4 aliphatic rings. The van der Waals surface area contributed by atoms with Crippen molar-refractivity contribution in [1.29, 1.82) is 0 Å². The van der Waals surface area contributed by atoms with E-state index in [1.807, 2.05) is 14.0 Å². The number of rotatable bonds is 2. The predicted octanol–water partition coefficient (Wildman–Crippen LogP) is 5.17. The fraction of sp³-hybridized carbons (Fsp3) is 0.864. The minimum absolute atomic E-state index is 0.276. The Morgan fingerprint density at radius 1 is 1.12 bits per heavy atom. The van der Waals surface area contributed by atoms with Crippen LogP contribution in [0.25, 0.3) is 0 Å². The average molecular weight is 331 g/mol. The first-order chi connectivity index (χ1) is 11.4. The zero-order valence-electron chi connectivity index (χ0n) is 15.9. The fourth-order valence-corrected chi connectivity index (χ4v) is 7.50. The molecule has 0 amide bonds. The molecule has 0 N–H and O–H groups in total. The Kier molecular flexibility index (Phi) is 3.99. The van der Waals surface area contributed by atoms with Crippen LogP contribution in [0.3, 0.4) is 0 Å². The van der Waals surface area contributed by atoms with Crippen LogP contribution in [-0.4, -0.2) is 19.0 Å². The van der Waals surface area contributed by atoms with Gasteiger partial charge in [0.15, 0.2) is 0 Å². The quantitative estimate of drug-likeness (QED) is 0.653. The van der Waals surface area contributed by atoms with Gasteiger partial charge in [0.25, 0.3) is 0 Å². The summed E-state index contributed by atoms with van der Waals surface area (Å²) in [6.07, 6.45) is 12.9. The van der Waals surface area contributed by atoms with E-state index in [1.165, 1.54) is 38.5 Å². The largest absolute Gasteiger partial charge is 0.381 e. The van der Waals surface area contributed by atoms with Crippen LogP contribution in [0.5, 0.6) is 0 Å². The minimum atomic E-state index is 0.276. The molecule has 4 unspecified atom stereocenters. The van der Waals surface area contributed by atoms with Crippen molar-refractivity contribution in [3.63, 3.8) is 0 Å². The van der Waals surface area contributed by atoms with Crippen molar-refractivity contribution in [3.05, 3.63) is 11.6 Å². The normalized spacial score (nSPS) is 50.5. The van der Waals surface area contributed by atoms with Crippen molar-refractivity contribution in [2.75, 3.05) is 7.11 Å². The fourth-order valence-electron chi connectivity index (χ4n) is 7.50. The summed E-state index contributed by atoms with van der Waals surface area (Å²) in [5, 5.41) is 0. The molecule has 0 bridgehead atoms. The van der Waals surface area contributed by atoms with Gasteiger partial charge in [-0.3, -0.25) is 4.79 Å². The van der Waals surface area contributed by atoms with E-state index in [4.69, 9.17) is 4.74 Å². The number of Topliss-reactive ketones (excluding diaryl/α,β-unsaturated/α-hetero) is 1. The first-order valence-corrected chi connectivity index (χ1v) is 10.1. The van der Waals surface area contributed by atoms with E-state index in [-0.39, 0.29) is 5.41 Å². The van der Waals surface area contributed by atoms with Gasteiger partial charge in [-0.15, -0.1) is 0 Å². The Morgan fingerprint density at radius 3 is 2.62 bits per heavy atom. The van der Waals surface area contributed by atoms with Gasteiger partial charge in [0.2, 0.25) is 0 Å². The molecule has 2 nitrogen and oxygen atoms in total. The molecule has 7 atom stereocenters. The Hall–Kier alpha value is -0.630. The predicted molar refractivity (Wildman–Crippen MR) is 96.7 cm³/mol. The molecule has 0 aromatic rings. The zero-order valence-corrected chi connectivity index (χ0v) is 15.9. The highest BCUT2D eigenvalue weighted by Gasteiger charge is 2.59. The lowest BCUT2D eigenvalue weighted by atomic mass is 9.47. The maximum atomic E-state index is 12.2. The number of carbonyl (C=O) groups is 1. The molecule has 2 heteroatoms. The van der Waals surface area contributed by atoms with Crippen LogP contribution in [0.1, 0.15) is 72.1 Å². The molecule has 0 heterocycles. The highest BCUT2D eigenvalue weighted by Crippen LogP contribution is 2.66. The second-order valence-corrected chi connectivity index (χ2v) is 9.64. The minimum Gasteiger partial charge on any atom is -0.381 e. The third-order valence-corrected chi connectivity index (χ3v) is 8.88. The summed E-state index contributed by atoms with van der Waals surface area (Å²) >= 11 is 0. The van der Waals surface area contributed by atoms with Crippen LogP contribution in [0.4, 0.5) is 0 Å². The molecule has 4 rings (SSSR count). The van der Waals surface area contributed by atoms with Crippen molar-refractivity contribution < 1.29 is 9.53 Å². The first kappa shape index (κ1) is 16.8. The van der Waals surface area contributed by atoms with E-state index >= 15 is 0 Å². The van der Waals surface area contributed by atoms with Crippen LogP contribution in [0, 0.1) is 34.5 Å². The summed E-state index contributed by atoms with van der Waals surface area (Å²) < 4.78 is 5.67. The van der Waals surface area contributed by atoms with Crippen molar-refractivity contribution in [2.45, 2.75) is 78.2 Å². The molecule has 0 radical (unpaired) electrons. The number of fused-ring (bicyclic) bond motifs is 5. The zero-order chi connectivity index (χ0) is 17.1. The van der Waals surface area contributed by atoms with Crippen LogP contribution in [-0.2, 0) is 9.53 Å².